The lowest BCUT2D eigenvalue weighted by molar-refractivity contribution is 0.440. The smallest absolute Gasteiger partial charge is 0.155 e. The van der Waals surface area contributed by atoms with Gasteiger partial charge in [-0.05, 0) is 25.0 Å². The van der Waals surface area contributed by atoms with Crippen LogP contribution < -0.4 is 11.3 Å². The maximum absolute atomic E-state index is 13.9. The van der Waals surface area contributed by atoms with E-state index in [2.05, 4.69) is 5.43 Å². The quantitative estimate of drug-likeness (QED) is 0.661. The van der Waals surface area contributed by atoms with Crippen molar-refractivity contribution in [2.24, 2.45) is 5.84 Å². The van der Waals surface area contributed by atoms with Crippen molar-refractivity contribution in [3.05, 3.63) is 34.6 Å². The molecule has 1 aliphatic rings. The zero-order chi connectivity index (χ0) is 14.0. The summed E-state index contributed by atoms with van der Waals surface area (Å²) in [7, 11) is -3.25. The minimum Gasteiger partial charge on any atom is -0.271 e. The molecule has 4 nitrogen and oxygen atoms in total. The molecule has 0 spiro atoms. The van der Waals surface area contributed by atoms with Crippen LogP contribution in [0.15, 0.2) is 18.2 Å². The molecule has 19 heavy (non-hydrogen) atoms. The van der Waals surface area contributed by atoms with E-state index in [-0.39, 0.29) is 16.3 Å². The van der Waals surface area contributed by atoms with E-state index in [4.69, 9.17) is 17.4 Å². The Hall–Kier alpha value is -0.690. The standard InChI is InChI=1S/C12H16ClFN2O2S/c13-8-4-5-9(10(14)7-8)12(16-15)11-3-1-2-6-19(11,17)18/h4-5,7,11-12,16H,1-3,6,15H2. The van der Waals surface area contributed by atoms with E-state index >= 15 is 0 Å². The summed E-state index contributed by atoms with van der Waals surface area (Å²) < 4.78 is 38.1. The van der Waals surface area contributed by atoms with Crippen molar-refractivity contribution in [2.75, 3.05) is 5.75 Å². The molecular weight excluding hydrogens is 291 g/mol. The van der Waals surface area contributed by atoms with Crippen LogP contribution in [-0.2, 0) is 9.84 Å². The van der Waals surface area contributed by atoms with Crippen molar-refractivity contribution in [3.8, 4) is 0 Å². The summed E-state index contributed by atoms with van der Waals surface area (Å²) in [4.78, 5) is 0. The van der Waals surface area contributed by atoms with Gasteiger partial charge < -0.3 is 0 Å². The van der Waals surface area contributed by atoms with Crippen LogP contribution in [0.25, 0.3) is 0 Å². The summed E-state index contributed by atoms with van der Waals surface area (Å²) in [6.07, 6.45) is 1.94. The summed E-state index contributed by atoms with van der Waals surface area (Å²) in [5.74, 6) is 5.03. The number of nitrogens with two attached hydrogens (primary N) is 1. The summed E-state index contributed by atoms with van der Waals surface area (Å²) in [5, 5.41) is -0.426. The molecule has 1 heterocycles. The van der Waals surface area contributed by atoms with Gasteiger partial charge >= 0.3 is 0 Å². The Labute approximate surface area is 117 Å². The number of hydrazine groups is 1. The van der Waals surface area contributed by atoms with Crippen molar-refractivity contribution >= 4 is 21.4 Å². The van der Waals surface area contributed by atoms with Crippen LogP contribution in [0.4, 0.5) is 4.39 Å². The van der Waals surface area contributed by atoms with Gasteiger partial charge in [0.1, 0.15) is 5.82 Å². The van der Waals surface area contributed by atoms with Gasteiger partial charge in [0.05, 0.1) is 17.0 Å². The number of rotatable bonds is 3. The van der Waals surface area contributed by atoms with Gasteiger partial charge in [-0.25, -0.2) is 12.8 Å². The average Bonchev–Trinajstić information content (AvgIpc) is 2.34. The largest absolute Gasteiger partial charge is 0.271 e. The van der Waals surface area contributed by atoms with Crippen molar-refractivity contribution in [3.63, 3.8) is 0 Å². The van der Waals surface area contributed by atoms with Crippen LogP contribution in [0.3, 0.4) is 0 Å². The molecule has 0 saturated carbocycles. The first-order valence-electron chi connectivity index (χ1n) is 6.08. The first-order valence-corrected chi connectivity index (χ1v) is 8.17. The Balaban J connectivity index is 2.39. The number of hydrogen-bond donors (Lipinski definition) is 2. The van der Waals surface area contributed by atoms with Gasteiger partial charge in [0.2, 0.25) is 0 Å². The molecule has 0 aromatic heterocycles. The third-order valence-corrected chi connectivity index (χ3v) is 6.00. The van der Waals surface area contributed by atoms with E-state index in [1.165, 1.54) is 12.1 Å². The molecule has 2 atom stereocenters. The van der Waals surface area contributed by atoms with Crippen molar-refractivity contribution in [1.82, 2.24) is 5.43 Å². The van der Waals surface area contributed by atoms with E-state index in [0.717, 1.165) is 12.5 Å². The highest BCUT2D eigenvalue weighted by Gasteiger charge is 2.37. The predicted molar refractivity (Wildman–Crippen MR) is 72.9 cm³/mol. The monoisotopic (exact) mass is 306 g/mol. The highest BCUT2D eigenvalue weighted by Crippen LogP contribution is 2.32. The van der Waals surface area contributed by atoms with Gasteiger partial charge in [-0.1, -0.05) is 24.1 Å². The fourth-order valence-electron chi connectivity index (χ4n) is 2.50. The second kappa shape index (κ2) is 5.75. The Kier molecular flexibility index (Phi) is 4.45. The van der Waals surface area contributed by atoms with E-state index < -0.39 is 26.9 Å². The highest BCUT2D eigenvalue weighted by molar-refractivity contribution is 7.92. The summed E-state index contributed by atoms with van der Waals surface area (Å²) >= 11 is 5.70. The Morgan fingerprint density at radius 2 is 2.16 bits per heavy atom. The van der Waals surface area contributed by atoms with Crippen LogP contribution in [0.5, 0.6) is 0 Å². The molecule has 1 fully saturated rings. The van der Waals surface area contributed by atoms with Gasteiger partial charge in [0.15, 0.2) is 9.84 Å². The van der Waals surface area contributed by atoms with Gasteiger partial charge in [0.25, 0.3) is 0 Å². The Morgan fingerprint density at radius 3 is 2.74 bits per heavy atom. The second-order valence-electron chi connectivity index (χ2n) is 4.71. The fraction of sp³-hybridized carbons (Fsp3) is 0.500. The van der Waals surface area contributed by atoms with Gasteiger partial charge in [-0.2, -0.15) is 0 Å². The zero-order valence-electron chi connectivity index (χ0n) is 10.3. The van der Waals surface area contributed by atoms with Crippen LogP contribution >= 0.6 is 11.6 Å². The van der Waals surface area contributed by atoms with Crippen LogP contribution in [0.2, 0.25) is 5.02 Å². The third-order valence-electron chi connectivity index (χ3n) is 3.48. The lowest BCUT2D eigenvalue weighted by atomic mass is 9.99. The number of nitrogens with one attached hydrogen (secondary N) is 1. The van der Waals surface area contributed by atoms with Crippen molar-refractivity contribution < 1.29 is 12.8 Å². The molecule has 1 aromatic carbocycles. The first kappa shape index (κ1) is 14.7. The molecule has 3 N–H and O–H groups in total. The van der Waals surface area contributed by atoms with E-state index in [9.17, 15) is 12.8 Å². The lowest BCUT2D eigenvalue weighted by Crippen LogP contribution is -2.43. The minimum atomic E-state index is -3.25. The minimum absolute atomic E-state index is 0.130. The topological polar surface area (TPSA) is 72.2 Å². The highest BCUT2D eigenvalue weighted by atomic mass is 35.5. The summed E-state index contributed by atoms with van der Waals surface area (Å²) in [5.41, 5.74) is 2.68. The molecule has 1 aromatic rings. The summed E-state index contributed by atoms with van der Waals surface area (Å²) in [6, 6.07) is 3.42. The molecule has 0 bridgehead atoms. The molecule has 106 valence electrons. The molecule has 1 aliphatic heterocycles. The second-order valence-corrected chi connectivity index (χ2v) is 7.49. The SMILES string of the molecule is NNC(c1ccc(Cl)cc1F)C1CCCCS1(=O)=O. The molecule has 2 unspecified atom stereocenters. The van der Waals surface area contributed by atoms with Crippen molar-refractivity contribution in [1.29, 1.82) is 0 Å². The fourth-order valence-corrected chi connectivity index (χ4v) is 4.74. The van der Waals surface area contributed by atoms with Crippen LogP contribution in [-0.4, -0.2) is 19.4 Å². The normalized spacial score (nSPS) is 24.1. The van der Waals surface area contributed by atoms with Crippen LogP contribution in [0.1, 0.15) is 30.9 Å². The lowest BCUT2D eigenvalue weighted by Gasteiger charge is -2.30. The van der Waals surface area contributed by atoms with E-state index in [1.807, 2.05) is 0 Å². The summed E-state index contributed by atoms with van der Waals surface area (Å²) in [6.45, 7) is 0. The molecule has 0 radical (unpaired) electrons. The van der Waals surface area contributed by atoms with Gasteiger partial charge in [-0.15, -0.1) is 0 Å². The Bertz CT molecular complexity index is 565. The molecular formula is C12H16ClFN2O2S. The zero-order valence-corrected chi connectivity index (χ0v) is 11.8. The van der Waals surface area contributed by atoms with Gasteiger partial charge in [-0.3, -0.25) is 11.3 Å². The maximum Gasteiger partial charge on any atom is 0.155 e. The Morgan fingerprint density at radius 1 is 1.42 bits per heavy atom. The predicted octanol–water partition coefficient (Wildman–Crippen LogP) is 1.95. The first-order chi connectivity index (χ1) is 8.95. The number of hydrogen-bond acceptors (Lipinski definition) is 4. The van der Waals surface area contributed by atoms with E-state index in [0.29, 0.717) is 12.8 Å². The molecule has 7 heteroatoms. The van der Waals surface area contributed by atoms with Crippen molar-refractivity contribution in [2.45, 2.75) is 30.6 Å². The van der Waals surface area contributed by atoms with Crippen LogP contribution in [0, 0.1) is 5.82 Å². The molecule has 0 aliphatic carbocycles. The number of benzene rings is 1. The molecule has 1 saturated heterocycles. The number of sulfone groups is 1. The molecule has 2 rings (SSSR count). The average molecular weight is 307 g/mol. The van der Waals surface area contributed by atoms with E-state index in [1.54, 1.807) is 0 Å². The van der Waals surface area contributed by atoms with Gasteiger partial charge in [0, 0.05) is 10.6 Å². The third kappa shape index (κ3) is 3.08. The maximum atomic E-state index is 13.9. The number of halogens is 2. The molecule has 0 amide bonds.